The van der Waals surface area contributed by atoms with E-state index in [1.165, 1.54) is 31.0 Å². The van der Waals surface area contributed by atoms with E-state index in [2.05, 4.69) is 26.1 Å². The number of halogens is 2. The van der Waals surface area contributed by atoms with Gasteiger partial charge in [0, 0.05) is 10.6 Å². The van der Waals surface area contributed by atoms with Crippen LogP contribution in [-0.2, 0) is 6.61 Å². The lowest BCUT2D eigenvalue weighted by Crippen LogP contribution is -2.12. The van der Waals surface area contributed by atoms with Crippen LogP contribution in [0.25, 0.3) is 5.69 Å². The summed E-state index contributed by atoms with van der Waals surface area (Å²) in [4.78, 5) is 11.3. The molecule has 0 radical (unpaired) electrons. The molecule has 0 saturated heterocycles. The van der Waals surface area contributed by atoms with Crippen LogP contribution in [0.3, 0.4) is 0 Å². The van der Waals surface area contributed by atoms with Crippen LogP contribution in [0.15, 0.2) is 70.3 Å². The summed E-state index contributed by atoms with van der Waals surface area (Å²) in [6.45, 7) is 3.62. The van der Waals surface area contributed by atoms with Crippen LogP contribution in [-0.4, -0.2) is 33.3 Å². The Morgan fingerprint density at radius 3 is 2.57 bits per heavy atom. The summed E-state index contributed by atoms with van der Waals surface area (Å²) >= 11 is 4.77. The van der Waals surface area contributed by atoms with E-state index in [0.29, 0.717) is 38.1 Å². The van der Waals surface area contributed by atoms with Crippen molar-refractivity contribution in [1.82, 2.24) is 14.8 Å². The number of thioether (sulfide) groups is 1. The lowest BCUT2D eigenvalue weighted by Gasteiger charge is -2.18. The van der Waals surface area contributed by atoms with Crippen LogP contribution in [0.5, 0.6) is 11.5 Å². The summed E-state index contributed by atoms with van der Waals surface area (Å²) in [5.41, 5.74) is 3.30. The Morgan fingerprint density at radius 2 is 1.89 bits per heavy atom. The van der Waals surface area contributed by atoms with Crippen molar-refractivity contribution >= 4 is 27.7 Å². The van der Waals surface area contributed by atoms with E-state index >= 15 is 0 Å². The number of aromatic nitrogens is 3. The van der Waals surface area contributed by atoms with Crippen molar-refractivity contribution in [2.24, 2.45) is 0 Å². The number of nitro groups is 1. The molecule has 8 nitrogen and oxygen atoms in total. The maximum atomic E-state index is 13.5. The van der Waals surface area contributed by atoms with Gasteiger partial charge in [0.25, 0.3) is 0 Å². The Bertz CT molecular complexity index is 1410. The van der Waals surface area contributed by atoms with Gasteiger partial charge in [0.2, 0.25) is 6.54 Å². The van der Waals surface area contributed by atoms with Gasteiger partial charge in [-0.25, -0.2) is 4.39 Å². The van der Waals surface area contributed by atoms with Gasteiger partial charge in [-0.15, -0.1) is 10.2 Å². The van der Waals surface area contributed by atoms with Gasteiger partial charge in [-0.3, -0.25) is 14.7 Å². The number of rotatable bonds is 10. The Labute approximate surface area is 226 Å². The molecule has 1 heterocycles. The molecule has 0 spiro atoms. The summed E-state index contributed by atoms with van der Waals surface area (Å²) in [7, 11) is 1.49. The fourth-order valence-corrected chi connectivity index (χ4v) is 5.46. The molecule has 0 aliphatic carbocycles. The highest BCUT2D eigenvalue weighted by Crippen LogP contribution is 2.43. The first kappa shape index (κ1) is 26.6. The summed E-state index contributed by atoms with van der Waals surface area (Å²) in [5.74, 6) is 1.13. The third kappa shape index (κ3) is 6.47. The number of ether oxygens (including phenoxy) is 2. The first-order valence-electron chi connectivity index (χ1n) is 11.3. The Kier molecular flexibility index (Phi) is 8.45. The van der Waals surface area contributed by atoms with Gasteiger partial charge in [0.05, 0.1) is 11.6 Å². The maximum Gasteiger partial charge on any atom is 0.220 e. The van der Waals surface area contributed by atoms with E-state index in [4.69, 9.17) is 9.47 Å². The first-order valence-corrected chi connectivity index (χ1v) is 12.9. The van der Waals surface area contributed by atoms with Crippen LogP contribution in [0.2, 0.25) is 0 Å². The molecular formula is C26H24BrFN4O4S. The second kappa shape index (κ2) is 11.7. The van der Waals surface area contributed by atoms with Crippen LogP contribution in [0, 0.1) is 29.8 Å². The predicted octanol–water partition coefficient (Wildman–Crippen LogP) is 6.48. The Balaban J connectivity index is 1.65. The van der Waals surface area contributed by atoms with Gasteiger partial charge in [0.15, 0.2) is 16.7 Å². The van der Waals surface area contributed by atoms with Gasteiger partial charge in [-0.2, -0.15) is 0 Å². The first-order chi connectivity index (χ1) is 17.7. The molecule has 0 aliphatic heterocycles. The fourth-order valence-electron chi connectivity index (χ4n) is 3.73. The van der Waals surface area contributed by atoms with Crippen molar-refractivity contribution in [3.63, 3.8) is 0 Å². The quantitative estimate of drug-likeness (QED) is 0.119. The maximum absolute atomic E-state index is 13.5. The van der Waals surface area contributed by atoms with E-state index in [9.17, 15) is 14.5 Å². The molecule has 0 unspecified atom stereocenters. The summed E-state index contributed by atoms with van der Waals surface area (Å²) in [6.07, 6.45) is 0. The van der Waals surface area contributed by atoms with Crippen molar-refractivity contribution in [3.05, 3.63) is 104 Å². The number of nitrogens with zero attached hydrogens (tertiary/aromatic N) is 4. The highest BCUT2D eigenvalue weighted by atomic mass is 79.9. The molecule has 0 N–H and O–H groups in total. The number of methoxy groups -OCH3 is 1. The topological polar surface area (TPSA) is 92.3 Å². The summed E-state index contributed by atoms with van der Waals surface area (Å²) < 4.78 is 27.4. The molecule has 3 aromatic carbocycles. The molecule has 0 fully saturated rings. The molecule has 0 aliphatic rings. The SMILES string of the molecule is COc1cc([C@H](C[N+](=O)[O-])Sc2nnc(C)n2-c2ccc(C)cc2)cc(Br)c1OCc1cccc(F)c1. The Hall–Kier alpha value is -3.44. The van der Waals surface area contributed by atoms with E-state index in [-0.39, 0.29) is 23.9 Å². The molecule has 37 heavy (non-hydrogen) atoms. The minimum Gasteiger partial charge on any atom is -0.493 e. The number of hydrogen-bond acceptors (Lipinski definition) is 7. The predicted molar refractivity (Wildman–Crippen MR) is 143 cm³/mol. The minimum absolute atomic E-state index is 0.123. The van der Waals surface area contributed by atoms with Gasteiger partial charge in [0.1, 0.15) is 23.5 Å². The molecule has 1 atom stereocenters. The standard InChI is InChI=1S/C26H24BrFN4O4S/c1-16-7-9-21(10-8-16)32-17(2)29-30-26(32)37-24(14-31(33)34)19-12-22(27)25(23(13-19)35-3)36-15-18-5-4-6-20(28)11-18/h4-13,24H,14-15H2,1-3H3/t24-/m0/s1. The third-order valence-electron chi connectivity index (χ3n) is 5.55. The molecule has 4 rings (SSSR count). The van der Waals surface area contributed by atoms with Gasteiger partial charge >= 0.3 is 0 Å². The van der Waals surface area contributed by atoms with Crippen molar-refractivity contribution in [2.45, 2.75) is 30.9 Å². The number of aryl methyl sites for hydroxylation is 2. The molecule has 0 amide bonds. The van der Waals surface area contributed by atoms with Crippen molar-refractivity contribution in [3.8, 4) is 17.2 Å². The van der Waals surface area contributed by atoms with Crippen molar-refractivity contribution < 1.29 is 18.8 Å². The third-order valence-corrected chi connectivity index (χ3v) is 7.32. The molecule has 1 aromatic heterocycles. The average Bonchev–Trinajstić information content (AvgIpc) is 3.22. The lowest BCUT2D eigenvalue weighted by atomic mass is 10.1. The van der Waals surface area contributed by atoms with E-state index < -0.39 is 5.25 Å². The normalized spacial score (nSPS) is 11.8. The van der Waals surface area contributed by atoms with Crippen LogP contribution in [0.1, 0.15) is 27.8 Å². The zero-order valence-corrected chi connectivity index (χ0v) is 22.8. The minimum atomic E-state index is -0.592. The van der Waals surface area contributed by atoms with Gasteiger partial charge in [-0.1, -0.05) is 41.6 Å². The molecule has 11 heteroatoms. The average molecular weight is 587 g/mol. The molecule has 4 aromatic rings. The number of benzene rings is 3. The van der Waals surface area contributed by atoms with E-state index in [1.807, 2.05) is 42.7 Å². The second-order valence-corrected chi connectivity index (χ2v) is 10.3. The molecular weight excluding hydrogens is 563 g/mol. The smallest absolute Gasteiger partial charge is 0.220 e. The summed E-state index contributed by atoms with van der Waals surface area (Å²) in [6, 6.07) is 17.5. The zero-order chi connectivity index (χ0) is 26.5. The molecule has 0 bridgehead atoms. The fraction of sp³-hybridized carbons (Fsp3) is 0.231. The second-order valence-electron chi connectivity index (χ2n) is 8.28. The molecule has 0 saturated carbocycles. The Morgan fingerprint density at radius 1 is 1.14 bits per heavy atom. The van der Waals surface area contributed by atoms with Gasteiger partial charge in [-0.05, 0) is 77.3 Å². The van der Waals surface area contributed by atoms with Gasteiger partial charge < -0.3 is 9.47 Å². The highest BCUT2D eigenvalue weighted by molar-refractivity contribution is 9.10. The lowest BCUT2D eigenvalue weighted by molar-refractivity contribution is -0.479. The van der Waals surface area contributed by atoms with Crippen molar-refractivity contribution in [1.29, 1.82) is 0 Å². The number of hydrogen-bond donors (Lipinski definition) is 0. The highest BCUT2D eigenvalue weighted by Gasteiger charge is 2.26. The van der Waals surface area contributed by atoms with Crippen LogP contribution >= 0.6 is 27.7 Å². The largest absolute Gasteiger partial charge is 0.493 e. The monoisotopic (exact) mass is 586 g/mol. The summed E-state index contributed by atoms with van der Waals surface area (Å²) in [5, 5.41) is 20.1. The van der Waals surface area contributed by atoms with Crippen molar-refractivity contribution in [2.75, 3.05) is 13.7 Å². The molecule has 192 valence electrons. The van der Waals surface area contributed by atoms with Crippen LogP contribution in [0.4, 0.5) is 4.39 Å². The van der Waals surface area contributed by atoms with E-state index in [1.54, 1.807) is 24.3 Å². The zero-order valence-electron chi connectivity index (χ0n) is 20.4. The van der Waals surface area contributed by atoms with Crippen LogP contribution < -0.4 is 9.47 Å². The van der Waals surface area contributed by atoms with E-state index in [0.717, 1.165) is 11.3 Å².